The van der Waals surface area contributed by atoms with Crippen molar-refractivity contribution in [3.63, 3.8) is 0 Å². The quantitative estimate of drug-likeness (QED) is 0.835. The van der Waals surface area contributed by atoms with Gasteiger partial charge in [0, 0.05) is 12.6 Å². The van der Waals surface area contributed by atoms with Crippen LogP contribution in [0.1, 0.15) is 50.5 Å². The predicted octanol–water partition coefficient (Wildman–Crippen LogP) is 3.00. The first-order valence-corrected chi connectivity index (χ1v) is 9.20. The van der Waals surface area contributed by atoms with Crippen LogP contribution < -0.4 is 5.32 Å². The molecule has 3 fully saturated rings. The van der Waals surface area contributed by atoms with Crippen LogP contribution in [-0.2, 0) is 11.3 Å². The average molecular weight is 345 g/mol. The number of urea groups is 1. The Kier molecular flexibility index (Phi) is 4.23. The molecule has 3 aliphatic rings. The molecule has 5 nitrogen and oxygen atoms in total. The summed E-state index contributed by atoms with van der Waals surface area (Å²) in [6.07, 6.45) is 6.75. The number of halogens is 1. The van der Waals surface area contributed by atoms with Crippen molar-refractivity contribution in [1.29, 1.82) is 0 Å². The summed E-state index contributed by atoms with van der Waals surface area (Å²) < 4.78 is 13.1. The van der Waals surface area contributed by atoms with Crippen molar-refractivity contribution in [3.05, 3.63) is 35.6 Å². The first-order valence-electron chi connectivity index (χ1n) is 9.20. The van der Waals surface area contributed by atoms with E-state index in [4.69, 9.17) is 0 Å². The van der Waals surface area contributed by atoms with E-state index in [9.17, 15) is 14.0 Å². The lowest BCUT2D eigenvalue weighted by Crippen LogP contribution is -2.49. The molecule has 2 saturated carbocycles. The van der Waals surface area contributed by atoms with Gasteiger partial charge in [-0.2, -0.15) is 0 Å². The molecule has 4 rings (SSSR count). The SMILES string of the molecule is O=C1NC2(CCCCC2)C(=O)N1CN(Cc1ccc(F)cc1)C1CC1. The van der Waals surface area contributed by atoms with Crippen LogP contribution in [0, 0.1) is 5.82 Å². The number of hydrogen-bond donors (Lipinski definition) is 1. The van der Waals surface area contributed by atoms with E-state index >= 15 is 0 Å². The van der Waals surface area contributed by atoms with Crippen LogP contribution >= 0.6 is 0 Å². The van der Waals surface area contributed by atoms with Crippen LogP contribution in [0.5, 0.6) is 0 Å². The number of imide groups is 1. The first-order chi connectivity index (χ1) is 12.1. The minimum atomic E-state index is -0.666. The zero-order valence-electron chi connectivity index (χ0n) is 14.3. The van der Waals surface area contributed by atoms with Crippen molar-refractivity contribution < 1.29 is 14.0 Å². The first kappa shape index (κ1) is 16.5. The molecule has 1 N–H and O–H groups in total. The molecule has 0 atom stereocenters. The summed E-state index contributed by atoms with van der Waals surface area (Å²) in [5.74, 6) is -0.322. The van der Waals surface area contributed by atoms with Gasteiger partial charge in [-0.3, -0.25) is 9.69 Å². The maximum absolute atomic E-state index is 13.1. The van der Waals surface area contributed by atoms with E-state index in [1.54, 1.807) is 12.1 Å². The predicted molar refractivity (Wildman–Crippen MR) is 91.0 cm³/mol. The molecule has 3 amide bonds. The van der Waals surface area contributed by atoms with Gasteiger partial charge in [-0.1, -0.05) is 31.4 Å². The van der Waals surface area contributed by atoms with Crippen molar-refractivity contribution in [2.75, 3.05) is 6.67 Å². The summed E-state index contributed by atoms with van der Waals surface area (Å²) in [7, 11) is 0. The maximum atomic E-state index is 13.1. The van der Waals surface area contributed by atoms with Crippen molar-refractivity contribution in [1.82, 2.24) is 15.1 Å². The summed E-state index contributed by atoms with van der Waals surface area (Å²) in [5.41, 5.74) is 0.327. The van der Waals surface area contributed by atoms with Crippen molar-refractivity contribution in [3.8, 4) is 0 Å². The smallest absolute Gasteiger partial charge is 0.323 e. The van der Waals surface area contributed by atoms with Gasteiger partial charge in [-0.15, -0.1) is 0 Å². The Morgan fingerprint density at radius 3 is 2.44 bits per heavy atom. The number of rotatable bonds is 5. The minimum absolute atomic E-state index is 0.0676. The number of nitrogens with one attached hydrogen (secondary N) is 1. The van der Waals surface area contributed by atoms with Gasteiger partial charge in [-0.25, -0.2) is 14.1 Å². The zero-order valence-corrected chi connectivity index (χ0v) is 14.3. The van der Waals surface area contributed by atoms with Crippen LogP contribution in [0.2, 0.25) is 0 Å². The summed E-state index contributed by atoms with van der Waals surface area (Å²) in [6.45, 7) is 0.934. The van der Waals surface area contributed by atoms with E-state index in [-0.39, 0.29) is 17.8 Å². The summed E-state index contributed by atoms with van der Waals surface area (Å²) in [4.78, 5) is 28.9. The molecular weight excluding hydrogens is 321 g/mol. The van der Waals surface area contributed by atoms with Gasteiger partial charge in [0.1, 0.15) is 11.4 Å². The number of nitrogens with zero attached hydrogens (tertiary/aromatic N) is 2. The van der Waals surface area contributed by atoms with Crippen molar-refractivity contribution in [2.24, 2.45) is 0 Å². The van der Waals surface area contributed by atoms with Crippen LogP contribution in [-0.4, -0.2) is 40.0 Å². The Morgan fingerprint density at radius 2 is 1.80 bits per heavy atom. The fraction of sp³-hybridized carbons (Fsp3) is 0.579. The lowest BCUT2D eigenvalue weighted by Gasteiger charge is -2.31. The van der Waals surface area contributed by atoms with Crippen LogP contribution in [0.25, 0.3) is 0 Å². The molecular formula is C19H24FN3O2. The molecule has 2 aliphatic carbocycles. The number of amides is 3. The van der Waals surface area contributed by atoms with E-state index in [0.717, 1.165) is 50.5 Å². The molecule has 0 aromatic heterocycles. The fourth-order valence-electron chi connectivity index (χ4n) is 4.04. The number of hydrogen-bond acceptors (Lipinski definition) is 3. The molecule has 0 radical (unpaired) electrons. The Bertz CT molecular complexity index is 666. The topological polar surface area (TPSA) is 52.7 Å². The molecule has 6 heteroatoms. The zero-order chi connectivity index (χ0) is 17.4. The lowest BCUT2D eigenvalue weighted by atomic mass is 9.82. The van der Waals surface area contributed by atoms with Gasteiger partial charge < -0.3 is 5.32 Å². The molecule has 1 aromatic carbocycles. The Labute approximate surface area is 147 Å². The second-order valence-electron chi connectivity index (χ2n) is 7.55. The highest BCUT2D eigenvalue weighted by Gasteiger charge is 2.52. The molecule has 134 valence electrons. The van der Waals surface area contributed by atoms with Gasteiger partial charge in [0.15, 0.2) is 0 Å². The maximum Gasteiger partial charge on any atom is 0.326 e. The van der Waals surface area contributed by atoms with Crippen LogP contribution in [0.3, 0.4) is 0 Å². The van der Waals surface area contributed by atoms with Gasteiger partial charge in [0.05, 0.1) is 6.67 Å². The monoisotopic (exact) mass is 345 g/mol. The van der Waals surface area contributed by atoms with E-state index in [2.05, 4.69) is 10.2 Å². The van der Waals surface area contributed by atoms with Crippen LogP contribution in [0.4, 0.5) is 9.18 Å². The molecule has 1 aromatic rings. The second-order valence-corrected chi connectivity index (χ2v) is 7.55. The van der Waals surface area contributed by atoms with E-state index in [1.807, 2.05) is 0 Å². The molecule has 0 bridgehead atoms. The van der Waals surface area contributed by atoms with E-state index < -0.39 is 5.54 Å². The normalized spacial score (nSPS) is 22.7. The fourth-order valence-corrected chi connectivity index (χ4v) is 4.04. The number of carbonyl (C=O) groups is 2. The Morgan fingerprint density at radius 1 is 1.12 bits per heavy atom. The summed E-state index contributed by atoms with van der Waals surface area (Å²) in [6, 6.07) is 6.56. The van der Waals surface area contributed by atoms with Gasteiger partial charge in [-0.05, 0) is 43.4 Å². The number of benzene rings is 1. The third-order valence-corrected chi connectivity index (χ3v) is 5.64. The van der Waals surface area contributed by atoms with E-state index in [0.29, 0.717) is 19.3 Å². The highest BCUT2D eigenvalue weighted by Crippen LogP contribution is 2.35. The molecule has 1 heterocycles. The summed E-state index contributed by atoms with van der Waals surface area (Å²) in [5, 5.41) is 2.97. The highest BCUT2D eigenvalue weighted by atomic mass is 19.1. The third kappa shape index (κ3) is 3.27. The Hall–Kier alpha value is -1.95. The largest absolute Gasteiger partial charge is 0.326 e. The second kappa shape index (κ2) is 6.41. The molecule has 25 heavy (non-hydrogen) atoms. The standard InChI is InChI=1S/C19H24FN3O2/c20-15-6-4-14(5-7-15)12-22(16-8-9-16)13-23-17(24)19(21-18(23)25)10-2-1-3-11-19/h4-7,16H,1-3,8-13H2,(H,21,25). The van der Waals surface area contributed by atoms with E-state index in [1.165, 1.54) is 17.0 Å². The average Bonchev–Trinajstić information content (AvgIpc) is 3.42. The van der Waals surface area contributed by atoms with Crippen molar-refractivity contribution in [2.45, 2.75) is 63.1 Å². The molecule has 1 aliphatic heterocycles. The molecule has 0 unspecified atom stereocenters. The minimum Gasteiger partial charge on any atom is -0.323 e. The number of carbonyl (C=O) groups excluding carboxylic acids is 2. The van der Waals surface area contributed by atoms with Gasteiger partial charge >= 0.3 is 6.03 Å². The lowest BCUT2D eigenvalue weighted by molar-refractivity contribution is -0.134. The Balaban J connectivity index is 1.47. The van der Waals surface area contributed by atoms with Crippen molar-refractivity contribution >= 4 is 11.9 Å². The highest BCUT2D eigenvalue weighted by molar-refractivity contribution is 6.07. The summed E-state index contributed by atoms with van der Waals surface area (Å²) >= 11 is 0. The van der Waals surface area contributed by atoms with Gasteiger partial charge in [0.2, 0.25) is 0 Å². The molecule has 1 saturated heterocycles. The molecule has 1 spiro atoms. The van der Waals surface area contributed by atoms with Gasteiger partial charge in [0.25, 0.3) is 5.91 Å². The third-order valence-electron chi connectivity index (χ3n) is 5.64. The van der Waals surface area contributed by atoms with Crippen LogP contribution in [0.15, 0.2) is 24.3 Å².